The van der Waals surface area contributed by atoms with Crippen LogP contribution in [0.25, 0.3) is 5.78 Å². The Labute approximate surface area is 81.8 Å². The van der Waals surface area contributed by atoms with Gasteiger partial charge in [-0.25, -0.2) is 14.6 Å². The van der Waals surface area contributed by atoms with Crippen LogP contribution in [-0.2, 0) is 0 Å². The van der Waals surface area contributed by atoms with Crippen molar-refractivity contribution in [1.82, 2.24) is 19.6 Å². The number of carbonyl (C=O) groups is 2. The predicted octanol–water partition coefficient (Wildman–Crippen LogP) is -0.479. The second-order valence-electron chi connectivity index (χ2n) is 2.61. The van der Waals surface area contributed by atoms with Crippen LogP contribution in [0.1, 0.15) is 21.0 Å². The van der Waals surface area contributed by atoms with Gasteiger partial charge in [-0.05, 0) is 0 Å². The first-order valence-corrected chi connectivity index (χ1v) is 3.77. The summed E-state index contributed by atoms with van der Waals surface area (Å²) in [5.74, 6) is -2.68. The molecule has 0 aliphatic rings. The Balaban J connectivity index is 2.80. The van der Waals surface area contributed by atoms with E-state index in [-0.39, 0.29) is 17.2 Å². The van der Waals surface area contributed by atoms with Gasteiger partial charge in [0.15, 0.2) is 11.4 Å². The molecular weight excluding hydrogens is 204 g/mol. The number of aromatic nitrogens is 4. The van der Waals surface area contributed by atoms with Crippen LogP contribution in [0.2, 0.25) is 0 Å². The van der Waals surface area contributed by atoms with E-state index in [0.717, 1.165) is 16.9 Å². The molecule has 0 aromatic carbocycles. The Morgan fingerprint density at radius 3 is 2.60 bits per heavy atom. The van der Waals surface area contributed by atoms with Crippen molar-refractivity contribution >= 4 is 17.7 Å². The van der Waals surface area contributed by atoms with Gasteiger partial charge in [0.05, 0.1) is 0 Å². The topological polar surface area (TPSA) is 118 Å². The maximum absolute atomic E-state index is 10.8. The molecule has 2 aromatic heterocycles. The van der Waals surface area contributed by atoms with Crippen molar-refractivity contribution in [2.24, 2.45) is 0 Å². The summed E-state index contributed by atoms with van der Waals surface area (Å²) < 4.78 is 0.953. The van der Waals surface area contributed by atoms with Crippen LogP contribution in [0, 0.1) is 0 Å². The van der Waals surface area contributed by atoms with Crippen molar-refractivity contribution in [2.75, 3.05) is 0 Å². The summed E-state index contributed by atoms with van der Waals surface area (Å²) in [6.07, 6.45) is 1.10. The van der Waals surface area contributed by atoms with Crippen molar-refractivity contribution in [3.8, 4) is 0 Å². The minimum absolute atomic E-state index is 0.0627. The van der Waals surface area contributed by atoms with Gasteiger partial charge in [0.1, 0.15) is 6.33 Å². The number of hydrogen-bond acceptors (Lipinski definition) is 5. The second kappa shape index (κ2) is 3.01. The van der Waals surface area contributed by atoms with Crippen molar-refractivity contribution in [3.63, 3.8) is 0 Å². The van der Waals surface area contributed by atoms with E-state index in [1.165, 1.54) is 0 Å². The average molecular weight is 208 g/mol. The lowest BCUT2D eigenvalue weighted by molar-refractivity contribution is 0.0686. The third-order valence-corrected chi connectivity index (χ3v) is 1.69. The quantitative estimate of drug-likeness (QED) is 0.684. The number of carboxylic acid groups (broad SMARTS) is 2. The van der Waals surface area contributed by atoms with E-state index in [2.05, 4.69) is 15.1 Å². The monoisotopic (exact) mass is 208 g/mol. The minimum Gasteiger partial charge on any atom is -0.477 e. The molecule has 2 rings (SSSR count). The number of hydrogen-bond donors (Lipinski definition) is 2. The number of nitrogens with zero attached hydrogens (tertiary/aromatic N) is 4. The average Bonchev–Trinajstić information content (AvgIpc) is 2.62. The fourth-order valence-corrected chi connectivity index (χ4v) is 1.07. The third-order valence-electron chi connectivity index (χ3n) is 1.69. The molecule has 2 heterocycles. The summed E-state index contributed by atoms with van der Waals surface area (Å²) in [7, 11) is 0. The summed E-state index contributed by atoms with van der Waals surface area (Å²) in [5, 5.41) is 21.1. The van der Waals surface area contributed by atoms with Crippen molar-refractivity contribution in [1.29, 1.82) is 0 Å². The minimum atomic E-state index is -1.32. The molecule has 2 N–H and O–H groups in total. The van der Waals surface area contributed by atoms with Crippen molar-refractivity contribution in [2.45, 2.75) is 0 Å². The van der Waals surface area contributed by atoms with Crippen LogP contribution in [-0.4, -0.2) is 41.7 Å². The molecule has 0 aliphatic heterocycles. The van der Waals surface area contributed by atoms with E-state index in [4.69, 9.17) is 10.2 Å². The van der Waals surface area contributed by atoms with Crippen molar-refractivity contribution < 1.29 is 19.8 Å². The highest BCUT2D eigenvalue weighted by Gasteiger charge is 2.16. The normalized spacial score (nSPS) is 10.4. The van der Waals surface area contributed by atoms with Gasteiger partial charge in [-0.15, -0.1) is 0 Å². The highest BCUT2D eigenvalue weighted by molar-refractivity contribution is 5.91. The Morgan fingerprint density at radius 2 is 2.00 bits per heavy atom. The number of aromatic carboxylic acids is 2. The molecule has 0 saturated carbocycles. The third kappa shape index (κ3) is 1.37. The lowest BCUT2D eigenvalue weighted by Crippen LogP contribution is -2.12. The first kappa shape index (κ1) is 9.06. The van der Waals surface area contributed by atoms with Gasteiger partial charge in [0.2, 0.25) is 0 Å². The van der Waals surface area contributed by atoms with Crippen LogP contribution >= 0.6 is 0 Å². The molecule has 0 bridgehead atoms. The van der Waals surface area contributed by atoms with Gasteiger partial charge < -0.3 is 10.2 Å². The van der Waals surface area contributed by atoms with Crippen LogP contribution < -0.4 is 0 Å². The zero-order valence-electron chi connectivity index (χ0n) is 7.15. The molecule has 0 unspecified atom stereocenters. The number of fused-ring (bicyclic) bond motifs is 1. The lowest BCUT2D eigenvalue weighted by Gasteiger charge is -1.99. The van der Waals surface area contributed by atoms with Crippen LogP contribution in [0.15, 0.2) is 12.4 Å². The molecule has 8 heteroatoms. The molecule has 8 nitrogen and oxygen atoms in total. The van der Waals surface area contributed by atoms with Gasteiger partial charge in [-0.1, -0.05) is 0 Å². The second-order valence-corrected chi connectivity index (χ2v) is 2.61. The Morgan fingerprint density at radius 1 is 1.27 bits per heavy atom. The molecule has 76 valence electrons. The van der Waals surface area contributed by atoms with E-state index >= 15 is 0 Å². The zero-order chi connectivity index (χ0) is 11.0. The maximum atomic E-state index is 10.8. The molecule has 0 atom stereocenters. The molecule has 0 fully saturated rings. The molecule has 0 aliphatic carbocycles. The van der Waals surface area contributed by atoms with E-state index in [1.807, 2.05) is 0 Å². The highest BCUT2D eigenvalue weighted by Crippen LogP contribution is 2.05. The smallest absolute Gasteiger partial charge is 0.354 e. The summed E-state index contributed by atoms with van der Waals surface area (Å²) in [6.45, 7) is 0. The Kier molecular flexibility index (Phi) is 1.82. The largest absolute Gasteiger partial charge is 0.477 e. The van der Waals surface area contributed by atoms with Gasteiger partial charge in [-0.3, -0.25) is 0 Å². The predicted molar refractivity (Wildman–Crippen MR) is 44.7 cm³/mol. The molecular formula is C7H4N4O4. The SMILES string of the molecule is O=C(O)c1cc(C(=O)O)n2ncnc2n1. The van der Waals surface area contributed by atoms with Crippen LogP contribution in [0.3, 0.4) is 0 Å². The summed E-state index contributed by atoms with van der Waals surface area (Å²) >= 11 is 0. The number of rotatable bonds is 2. The van der Waals surface area contributed by atoms with Gasteiger partial charge in [-0.2, -0.15) is 14.6 Å². The molecule has 15 heavy (non-hydrogen) atoms. The zero-order valence-corrected chi connectivity index (χ0v) is 7.15. The van der Waals surface area contributed by atoms with Crippen LogP contribution in [0.5, 0.6) is 0 Å². The van der Waals surface area contributed by atoms with E-state index in [0.29, 0.717) is 0 Å². The van der Waals surface area contributed by atoms with E-state index in [9.17, 15) is 9.59 Å². The summed E-state index contributed by atoms with van der Waals surface area (Å²) in [6, 6.07) is 0.923. The summed E-state index contributed by atoms with van der Waals surface area (Å²) in [4.78, 5) is 28.6. The fourth-order valence-electron chi connectivity index (χ4n) is 1.07. The highest BCUT2D eigenvalue weighted by atomic mass is 16.4. The first-order chi connectivity index (χ1) is 7.09. The van der Waals surface area contributed by atoms with E-state index in [1.54, 1.807) is 0 Å². The van der Waals surface area contributed by atoms with Gasteiger partial charge in [0.25, 0.3) is 5.78 Å². The van der Waals surface area contributed by atoms with Gasteiger partial charge >= 0.3 is 11.9 Å². The van der Waals surface area contributed by atoms with Gasteiger partial charge in [0, 0.05) is 6.07 Å². The lowest BCUT2D eigenvalue weighted by atomic mass is 10.3. The fraction of sp³-hybridized carbons (Fsp3) is 0. The standard InChI is InChI=1S/C7H4N4O4/c12-5(13)3-1-4(6(14)15)11-7(10-3)8-2-9-11/h1-2H,(H,12,13)(H,14,15). The molecule has 2 aromatic rings. The molecule has 0 spiro atoms. The first-order valence-electron chi connectivity index (χ1n) is 3.77. The molecule has 0 radical (unpaired) electrons. The summed E-state index contributed by atoms with van der Waals surface area (Å²) in [5.41, 5.74) is -0.678. The maximum Gasteiger partial charge on any atom is 0.354 e. The Bertz CT molecular complexity index is 561. The number of carboxylic acids is 2. The Hall–Kier alpha value is -2.51. The van der Waals surface area contributed by atoms with Crippen LogP contribution in [0.4, 0.5) is 0 Å². The molecule has 0 amide bonds. The molecule has 0 saturated heterocycles. The van der Waals surface area contributed by atoms with Crippen molar-refractivity contribution in [3.05, 3.63) is 23.8 Å². The van der Waals surface area contributed by atoms with E-state index < -0.39 is 11.9 Å².